The number of nitrogens with zero attached hydrogens (tertiary/aromatic N) is 2. The van der Waals surface area contributed by atoms with Gasteiger partial charge in [-0.25, -0.2) is 0 Å². The molecule has 7 heteroatoms. The first-order chi connectivity index (χ1) is 12.9. The Kier molecular flexibility index (Phi) is 5.98. The number of carbonyl (C=O) groups excluding carboxylic acids is 2. The van der Waals surface area contributed by atoms with Gasteiger partial charge in [-0.3, -0.25) is 9.59 Å². The van der Waals surface area contributed by atoms with Crippen molar-refractivity contribution in [2.75, 3.05) is 39.1 Å². The van der Waals surface area contributed by atoms with Crippen LogP contribution in [0.4, 0.5) is 5.69 Å². The van der Waals surface area contributed by atoms with E-state index >= 15 is 0 Å². The quantitative estimate of drug-likeness (QED) is 0.876. The molecule has 0 saturated heterocycles. The molecule has 0 aliphatic carbocycles. The van der Waals surface area contributed by atoms with Gasteiger partial charge in [-0.2, -0.15) is 0 Å². The number of rotatable bonds is 4. The van der Waals surface area contributed by atoms with Gasteiger partial charge in [-0.05, 0) is 56.6 Å². The summed E-state index contributed by atoms with van der Waals surface area (Å²) in [5.74, 6) is 0.573. The minimum atomic E-state index is -0.0998. The van der Waals surface area contributed by atoms with Crippen LogP contribution < -0.4 is 10.1 Å². The molecule has 1 N–H and O–H groups in total. The molecule has 6 nitrogen and oxygen atoms in total. The number of likely N-dealkylation sites (N-methyl/N-ethyl adjacent to an activating group) is 1. The third-order valence-corrected chi connectivity index (χ3v) is 4.40. The van der Waals surface area contributed by atoms with E-state index in [9.17, 15) is 9.59 Å². The average molecular weight is 388 g/mol. The number of anilines is 1. The summed E-state index contributed by atoms with van der Waals surface area (Å²) in [7, 11) is 3.66. The Hall–Kier alpha value is -2.57. The lowest BCUT2D eigenvalue weighted by atomic mass is 10.1. The molecular weight excluding hydrogens is 366 g/mol. The van der Waals surface area contributed by atoms with Crippen molar-refractivity contribution in [1.82, 2.24) is 9.80 Å². The van der Waals surface area contributed by atoms with Crippen LogP contribution in [0.1, 0.15) is 15.9 Å². The Balaban J connectivity index is 1.69. The van der Waals surface area contributed by atoms with Gasteiger partial charge in [0.2, 0.25) is 5.91 Å². The Labute approximate surface area is 163 Å². The molecule has 1 aliphatic rings. The molecule has 0 atom stereocenters. The Morgan fingerprint density at radius 2 is 1.93 bits per heavy atom. The number of benzene rings is 2. The van der Waals surface area contributed by atoms with Crippen LogP contribution in [-0.4, -0.2) is 55.4 Å². The molecule has 0 fully saturated rings. The molecule has 0 bridgehead atoms. The molecule has 27 heavy (non-hydrogen) atoms. The van der Waals surface area contributed by atoms with Gasteiger partial charge in [0.25, 0.3) is 5.91 Å². The highest BCUT2D eigenvalue weighted by Gasteiger charge is 2.21. The van der Waals surface area contributed by atoms with Crippen molar-refractivity contribution in [3.05, 3.63) is 58.6 Å². The summed E-state index contributed by atoms with van der Waals surface area (Å²) in [6.07, 6.45) is 0. The van der Waals surface area contributed by atoms with Crippen molar-refractivity contribution < 1.29 is 14.3 Å². The molecule has 3 rings (SSSR count). The minimum Gasteiger partial charge on any atom is -0.491 e. The van der Waals surface area contributed by atoms with E-state index in [1.165, 1.54) is 0 Å². The molecule has 0 unspecified atom stereocenters. The molecule has 2 aromatic rings. The van der Waals surface area contributed by atoms with Crippen LogP contribution in [0.25, 0.3) is 0 Å². The van der Waals surface area contributed by atoms with Crippen LogP contribution in [0.5, 0.6) is 5.75 Å². The zero-order chi connectivity index (χ0) is 19.4. The zero-order valence-electron chi connectivity index (χ0n) is 15.4. The van der Waals surface area contributed by atoms with Gasteiger partial charge in [0.05, 0.1) is 13.1 Å². The second kappa shape index (κ2) is 8.41. The lowest BCUT2D eigenvalue weighted by molar-refractivity contribution is -0.116. The lowest BCUT2D eigenvalue weighted by Gasteiger charge is -2.20. The molecule has 0 aromatic heterocycles. The zero-order valence-corrected chi connectivity index (χ0v) is 16.1. The second-order valence-corrected chi connectivity index (χ2v) is 7.13. The normalized spacial score (nSPS) is 13.6. The predicted octanol–water partition coefficient (Wildman–Crippen LogP) is 2.87. The fourth-order valence-corrected chi connectivity index (χ4v) is 3.10. The van der Waals surface area contributed by atoms with Gasteiger partial charge in [0, 0.05) is 28.4 Å². The maximum Gasteiger partial charge on any atom is 0.254 e. The largest absolute Gasteiger partial charge is 0.491 e. The third-order valence-electron chi connectivity index (χ3n) is 4.17. The molecule has 2 aromatic carbocycles. The summed E-state index contributed by atoms with van der Waals surface area (Å²) in [4.78, 5) is 28.2. The van der Waals surface area contributed by atoms with Gasteiger partial charge < -0.3 is 19.9 Å². The molecule has 2 amide bonds. The van der Waals surface area contributed by atoms with E-state index in [-0.39, 0.29) is 11.8 Å². The second-order valence-electron chi connectivity index (χ2n) is 6.69. The Bertz CT molecular complexity index is 837. The monoisotopic (exact) mass is 387 g/mol. The summed E-state index contributed by atoms with van der Waals surface area (Å²) in [6.45, 7) is 1.66. The van der Waals surface area contributed by atoms with E-state index in [0.29, 0.717) is 42.5 Å². The number of carbonyl (C=O) groups is 2. The Morgan fingerprint density at radius 3 is 2.63 bits per heavy atom. The number of halogens is 1. The van der Waals surface area contributed by atoms with Gasteiger partial charge in [0.1, 0.15) is 12.4 Å². The van der Waals surface area contributed by atoms with Crippen molar-refractivity contribution in [3.63, 3.8) is 0 Å². The Morgan fingerprint density at radius 1 is 1.19 bits per heavy atom. The van der Waals surface area contributed by atoms with Crippen LogP contribution in [-0.2, 0) is 11.3 Å². The summed E-state index contributed by atoms with van der Waals surface area (Å²) < 4.78 is 5.71. The van der Waals surface area contributed by atoms with Crippen LogP contribution in [0.3, 0.4) is 0 Å². The SMILES string of the molecule is CN(C)CC(=O)Nc1ccc(C(=O)N2CCOc3ccc(Cl)cc3C2)cc1. The predicted molar refractivity (Wildman–Crippen MR) is 105 cm³/mol. The first kappa shape index (κ1) is 19.2. The van der Waals surface area contributed by atoms with Gasteiger partial charge in [-0.1, -0.05) is 11.6 Å². The average Bonchev–Trinajstić information content (AvgIpc) is 2.83. The number of nitrogens with one attached hydrogen (secondary N) is 1. The maximum atomic E-state index is 12.9. The van der Waals surface area contributed by atoms with Crippen LogP contribution in [0.15, 0.2) is 42.5 Å². The summed E-state index contributed by atoms with van der Waals surface area (Å²) in [6, 6.07) is 12.3. The number of amides is 2. The molecular formula is C20H22ClN3O3. The number of ether oxygens (including phenoxy) is 1. The van der Waals surface area contributed by atoms with Gasteiger partial charge >= 0.3 is 0 Å². The van der Waals surface area contributed by atoms with Crippen molar-refractivity contribution in [1.29, 1.82) is 0 Å². The fourth-order valence-electron chi connectivity index (χ4n) is 2.90. The molecule has 1 aliphatic heterocycles. The van der Waals surface area contributed by atoms with Gasteiger partial charge in [0.15, 0.2) is 0 Å². The molecule has 1 heterocycles. The summed E-state index contributed by atoms with van der Waals surface area (Å²) in [5, 5.41) is 3.42. The fraction of sp³-hybridized carbons (Fsp3) is 0.300. The number of hydrogen-bond acceptors (Lipinski definition) is 4. The van der Waals surface area contributed by atoms with E-state index < -0.39 is 0 Å². The topological polar surface area (TPSA) is 61.9 Å². The van der Waals surface area contributed by atoms with Crippen LogP contribution in [0.2, 0.25) is 5.02 Å². The van der Waals surface area contributed by atoms with Crippen molar-refractivity contribution >= 4 is 29.1 Å². The van der Waals surface area contributed by atoms with E-state index in [2.05, 4.69) is 5.32 Å². The van der Waals surface area contributed by atoms with Crippen molar-refractivity contribution in [2.45, 2.75) is 6.54 Å². The standard InChI is InChI=1S/C20H22ClN3O3/c1-23(2)13-19(25)22-17-6-3-14(4-7-17)20(26)24-9-10-27-18-8-5-16(21)11-15(18)12-24/h3-8,11H,9-10,12-13H2,1-2H3,(H,22,25). The molecule has 0 radical (unpaired) electrons. The van der Waals surface area contributed by atoms with Crippen molar-refractivity contribution in [2.24, 2.45) is 0 Å². The molecule has 0 spiro atoms. The number of fused-ring (bicyclic) bond motifs is 1. The highest BCUT2D eigenvalue weighted by atomic mass is 35.5. The van der Waals surface area contributed by atoms with E-state index in [1.807, 2.05) is 26.2 Å². The molecule has 142 valence electrons. The first-order valence-electron chi connectivity index (χ1n) is 8.67. The van der Waals surface area contributed by atoms with Gasteiger partial charge in [-0.15, -0.1) is 0 Å². The first-order valence-corrected chi connectivity index (χ1v) is 9.05. The van der Waals surface area contributed by atoms with E-state index in [1.54, 1.807) is 40.1 Å². The van der Waals surface area contributed by atoms with E-state index in [4.69, 9.17) is 16.3 Å². The summed E-state index contributed by atoms with van der Waals surface area (Å²) in [5.41, 5.74) is 2.11. The van der Waals surface area contributed by atoms with Crippen molar-refractivity contribution in [3.8, 4) is 5.75 Å². The maximum absolute atomic E-state index is 12.9. The lowest BCUT2D eigenvalue weighted by Crippen LogP contribution is -2.32. The number of hydrogen-bond donors (Lipinski definition) is 1. The van der Waals surface area contributed by atoms with Crippen LogP contribution in [0, 0.1) is 0 Å². The van der Waals surface area contributed by atoms with Crippen LogP contribution >= 0.6 is 11.6 Å². The molecule has 0 saturated carbocycles. The highest BCUT2D eigenvalue weighted by molar-refractivity contribution is 6.30. The minimum absolute atomic E-state index is 0.0856. The third kappa shape index (κ3) is 4.99. The highest BCUT2D eigenvalue weighted by Crippen LogP contribution is 2.27. The van der Waals surface area contributed by atoms with E-state index in [0.717, 1.165) is 11.3 Å². The smallest absolute Gasteiger partial charge is 0.254 e. The summed E-state index contributed by atoms with van der Waals surface area (Å²) >= 11 is 6.07.